The lowest BCUT2D eigenvalue weighted by molar-refractivity contribution is -0.136. The third kappa shape index (κ3) is 7.59. The summed E-state index contributed by atoms with van der Waals surface area (Å²) < 4.78 is 16.0. The first kappa shape index (κ1) is 25.8. The molecule has 0 aliphatic carbocycles. The van der Waals surface area contributed by atoms with Crippen molar-refractivity contribution in [3.8, 4) is 17.2 Å². The van der Waals surface area contributed by atoms with Crippen molar-refractivity contribution in [2.75, 3.05) is 31.5 Å². The fourth-order valence-corrected chi connectivity index (χ4v) is 2.94. The van der Waals surface area contributed by atoms with E-state index in [9.17, 15) is 14.4 Å². The Morgan fingerprint density at radius 1 is 0.806 bits per heavy atom. The molecule has 10 heteroatoms. The molecule has 0 heterocycles. The van der Waals surface area contributed by atoms with Crippen molar-refractivity contribution in [3.63, 3.8) is 0 Å². The van der Waals surface area contributed by atoms with E-state index < -0.39 is 11.8 Å². The van der Waals surface area contributed by atoms with Crippen LogP contribution in [0.1, 0.15) is 11.1 Å². The summed E-state index contributed by atoms with van der Waals surface area (Å²) in [4.78, 5) is 36.1. The van der Waals surface area contributed by atoms with E-state index in [2.05, 4.69) is 21.2 Å². The number of carbonyl (C=O) groups excluding carboxylic acids is 3. The first-order chi connectivity index (χ1) is 17.4. The van der Waals surface area contributed by atoms with Crippen LogP contribution in [0.5, 0.6) is 17.2 Å². The van der Waals surface area contributed by atoms with Crippen LogP contribution in [0.25, 0.3) is 0 Å². The van der Waals surface area contributed by atoms with E-state index in [1.54, 1.807) is 61.7 Å². The van der Waals surface area contributed by atoms with Crippen molar-refractivity contribution in [3.05, 3.63) is 77.9 Å². The van der Waals surface area contributed by atoms with Gasteiger partial charge in [-0.1, -0.05) is 17.7 Å². The molecule has 0 spiro atoms. The minimum absolute atomic E-state index is 0.234. The first-order valence-corrected chi connectivity index (χ1v) is 10.8. The number of ether oxygens (including phenoxy) is 3. The Morgan fingerprint density at radius 3 is 2.14 bits per heavy atom. The van der Waals surface area contributed by atoms with Gasteiger partial charge in [-0.15, -0.1) is 0 Å². The van der Waals surface area contributed by atoms with Crippen LogP contribution in [-0.2, 0) is 14.4 Å². The number of aryl methyl sites for hydroxylation is 1. The third-order valence-electron chi connectivity index (χ3n) is 4.82. The minimum atomic E-state index is -0.915. The lowest BCUT2D eigenvalue weighted by Crippen LogP contribution is -2.32. The fraction of sp³-hybridized carbons (Fsp3) is 0.154. The predicted molar refractivity (Wildman–Crippen MR) is 136 cm³/mol. The molecule has 0 aromatic heterocycles. The summed E-state index contributed by atoms with van der Waals surface area (Å²) in [5.41, 5.74) is 4.89. The Morgan fingerprint density at radius 2 is 1.47 bits per heavy atom. The number of carbonyl (C=O) groups is 3. The van der Waals surface area contributed by atoms with Crippen LogP contribution in [0, 0.1) is 6.92 Å². The van der Waals surface area contributed by atoms with Crippen LogP contribution in [0.3, 0.4) is 0 Å². The molecule has 3 aromatic rings. The van der Waals surface area contributed by atoms with Gasteiger partial charge in [0.2, 0.25) is 0 Å². The van der Waals surface area contributed by atoms with Gasteiger partial charge >= 0.3 is 11.8 Å². The monoisotopic (exact) mass is 490 g/mol. The summed E-state index contributed by atoms with van der Waals surface area (Å²) in [6, 6.07) is 18.8. The smallest absolute Gasteiger partial charge is 0.329 e. The minimum Gasteiger partial charge on any atom is -0.497 e. The highest BCUT2D eigenvalue weighted by Crippen LogP contribution is 2.27. The molecule has 3 N–H and O–H groups in total. The molecule has 3 amide bonds. The maximum atomic E-state index is 12.2. The van der Waals surface area contributed by atoms with Gasteiger partial charge in [0.1, 0.15) is 5.75 Å². The van der Waals surface area contributed by atoms with E-state index in [1.165, 1.54) is 13.3 Å². The molecule has 0 fully saturated rings. The number of anilines is 2. The SMILES string of the molecule is COc1ccc(NC(=O)COc2ccc(/C=N\NC(=O)C(=O)Nc3ccc(C)cc3)cc2OC)cc1. The molecule has 0 saturated heterocycles. The predicted octanol–water partition coefficient (Wildman–Crippen LogP) is 3.12. The van der Waals surface area contributed by atoms with Crippen molar-refractivity contribution in [1.82, 2.24) is 5.43 Å². The zero-order valence-corrected chi connectivity index (χ0v) is 20.0. The van der Waals surface area contributed by atoms with Crippen molar-refractivity contribution in [2.24, 2.45) is 5.10 Å². The summed E-state index contributed by atoms with van der Waals surface area (Å²) >= 11 is 0. The number of rotatable bonds is 9. The van der Waals surface area contributed by atoms with Gasteiger partial charge in [-0.25, -0.2) is 5.43 Å². The number of hydrogen-bond donors (Lipinski definition) is 3. The molecule has 3 rings (SSSR count). The molecule has 0 radical (unpaired) electrons. The zero-order valence-electron chi connectivity index (χ0n) is 20.0. The summed E-state index contributed by atoms with van der Waals surface area (Å²) in [6.07, 6.45) is 1.35. The summed E-state index contributed by atoms with van der Waals surface area (Å²) in [5, 5.41) is 9.01. The van der Waals surface area contributed by atoms with E-state index in [-0.39, 0.29) is 12.5 Å². The number of hydrogen-bond acceptors (Lipinski definition) is 7. The Bertz CT molecular complexity index is 1240. The van der Waals surface area contributed by atoms with Gasteiger partial charge in [0.25, 0.3) is 5.91 Å². The molecular weight excluding hydrogens is 464 g/mol. The molecule has 0 aliphatic heterocycles. The number of nitrogens with one attached hydrogen (secondary N) is 3. The molecular formula is C26H26N4O6. The maximum absolute atomic E-state index is 12.2. The van der Waals surface area contributed by atoms with Crippen LogP contribution < -0.4 is 30.3 Å². The van der Waals surface area contributed by atoms with Crippen LogP contribution >= 0.6 is 0 Å². The van der Waals surface area contributed by atoms with E-state index in [0.29, 0.717) is 34.2 Å². The molecule has 10 nitrogen and oxygen atoms in total. The average Bonchev–Trinajstić information content (AvgIpc) is 2.89. The largest absolute Gasteiger partial charge is 0.497 e. The molecule has 3 aromatic carbocycles. The fourth-order valence-electron chi connectivity index (χ4n) is 2.94. The Kier molecular flexibility index (Phi) is 8.99. The lowest BCUT2D eigenvalue weighted by Gasteiger charge is -2.11. The van der Waals surface area contributed by atoms with E-state index in [0.717, 1.165) is 5.56 Å². The van der Waals surface area contributed by atoms with Gasteiger partial charge in [0, 0.05) is 11.4 Å². The summed E-state index contributed by atoms with van der Waals surface area (Å²) in [5.74, 6) is -0.713. The van der Waals surface area contributed by atoms with Gasteiger partial charge in [-0.3, -0.25) is 14.4 Å². The molecule has 0 unspecified atom stereocenters. The van der Waals surface area contributed by atoms with Crippen molar-refractivity contribution in [1.29, 1.82) is 0 Å². The van der Waals surface area contributed by atoms with Gasteiger partial charge in [-0.05, 0) is 67.1 Å². The topological polar surface area (TPSA) is 127 Å². The highest BCUT2D eigenvalue weighted by molar-refractivity contribution is 6.39. The van der Waals surface area contributed by atoms with Crippen LogP contribution in [0.2, 0.25) is 0 Å². The molecule has 0 atom stereocenters. The van der Waals surface area contributed by atoms with Crippen LogP contribution in [-0.4, -0.2) is 44.8 Å². The second kappa shape index (κ2) is 12.6. The van der Waals surface area contributed by atoms with Gasteiger partial charge in [0.05, 0.1) is 20.4 Å². The standard InChI is InChI=1S/C26H26N4O6/c1-17-4-7-20(8-5-17)29-25(32)26(33)30-27-15-18-6-13-22(23(14-18)35-3)36-16-24(31)28-19-9-11-21(34-2)12-10-19/h4-15H,16H2,1-3H3,(H,28,31)(H,29,32)(H,30,33)/b27-15-. The van der Waals surface area contributed by atoms with E-state index in [1.807, 2.05) is 19.1 Å². The summed E-state index contributed by atoms with van der Waals surface area (Å²) in [7, 11) is 3.02. The van der Waals surface area contributed by atoms with Gasteiger partial charge in [-0.2, -0.15) is 5.10 Å². The Balaban J connectivity index is 1.51. The van der Waals surface area contributed by atoms with E-state index in [4.69, 9.17) is 14.2 Å². The molecule has 0 aliphatic rings. The lowest BCUT2D eigenvalue weighted by atomic mass is 10.2. The van der Waals surface area contributed by atoms with Crippen molar-refractivity contribution < 1.29 is 28.6 Å². The van der Waals surface area contributed by atoms with Crippen LogP contribution in [0.15, 0.2) is 71.8 Å². The van der Waals surface area contributed by atoms with Crippen molar-refractivity contribution in [2.45, 2.75) is 6.92 Å². The summed E-state index contributed by atoms with van der Waals surface area (Å²) in [6.45, 7) is 1.68. The quantitative estimate of drug-likeness (QED) is 0.240. The number of amides is 3. The Hall–Kier alpha value is -4.86. The zero-order chi connectivity index (χ0) is 25.9. The number of benzene rings is 3. The highest BCUT2D eigenvalue weighted by atomic mass is 16.5. The molecule has 36 heavy (non-hydrogen) atoms. The maximum Gasteiger partial charge on any atom is 0.329 e. The highest BCUT2D eigenvalue weighted by Gasteiger charge is 2.13. The second-order valence-electron chi connectivity index (χ2n) is 7.49. The third-order valence-corrected chi connectivity index (χ3v) is 4.82. The van der Waals surface area contributed by atoms with Gasteiger partial charge in [0.15, 0.2) is 18.1 Å². The molecule has 0 bridgehead atoms. The normalized spacial score (nSPS) is 10.4. The van der Waals surface area contributed by atoms with E-state index >= 15 is 0 Å². The number of nitrogens with zero attached hydrogens (tertiary/aromatic N) is 1. The van der Waals surface area contributed by atoms with Crippen molar-refractivity contribution >= 4 is 35.3 Å². The second-order valence-corrected chi connectivity index (χ2v) is 7.49. The molecule has 0 saturated carbocycles. The number of hydrazone groups is 1. The average molecular weight is 491 g/mol. The van der Waals surface area contributed by atoms with Gasteiger partial charge < -0.3 is 24.8 Å². The first-order valence-electron chi connectivity index (χ1n) is 10.8. The Labute approximate surface area is 208 Å². The molecule has 186 valence electrons. The number of methoxy groups -OCH3 is 2. The van der Waals surface area contributed by atoms with Crippen LogP contribution in [0.4, 0.5) is 11.4 Å².